The first-order chi connectivity index (χ1) is 19.0. The smallest absolute Gasteiger partial charge is 0.227 e. The highest BCUT2D eigenvalue weighted by Gasteiger charge is 2.21. The monoisotopic (exact) mass is 525 g/mol. The van der Waals surface area contributed by atoms with Crippen LogP contribution in [-0.4, -0.2) is 71.3 Å². The SMILES string of the molecule is NC(=O)Cc1cccc2[nH]c(N3CCN(C[C@@H](O)COc4ccc5oc(-c6ccccc6)nc5c4)CC3)cc12. The molecule has 4 N–H and O–H groups in total. The highest BCUT2D eigenvalue weighted by molar-refractivity contribution is 5.91. The number of aromatic amines is 1. The molecule has 5 aromatic rings. The molecule has 3 heterocycles. The van der Waals surface area contributed by atoms with Gasteiger partial charge in [0.1, 0.15) is 29.8 Å². The molecule has 1 fully saturated rings. The van der Waals surface area contributed by atoms with E-state index in [1.807, 2.05) is 66.7 Å². The van der Waals surface area contributed by atoms with Crippen molar-refractivity contribution in [3.05, 3.63) is 78.4 Å². The summed E-state index contributed by atoms with van der Waals surface area (Å²) in [6, 6.07) is 23.3. The number of piperazine rings is 1. The number of oxazole rings is 1. The molecule has 0 unspecified atom stereocenters. The first kappa shape index (κ1) is 25.0. The molecule has 2 aromatic heterocycles. The van der Waals surface area contributed by atoms with Crippen LogP contribution in [0.15, 0.2) is 77.2 Å². The molecule has 1 amide bonds. The number of H-pyrrole nitrogens is 1. The molecular weight excluding hydrogens is 494 g/mol. The number of hydrogen-bond acceptors (Lipinski definition) is 7. The Hall–Kier alpha value is -4.34. The summed E-state index contributed by atoms with van der Waals surface area (Å²) in [7, 11) is 0. The summed E-state index contributed by atoms with van der Waals surface area (Å²) in [5.41, 5.74) is 9.68. The van der Waals surface area contributed by atoms with Crippen molar-refractivity contribution in [3.8, 4) is 17.2 Å². The van der Waals surface area contributed by atoms with Gasteiger partial charge in [-0.15, -0.1) is 0 Å². The van der Waals surface area contributed by atoms with Crippen molar-refractivity contribution >= 4 is 33.7 Å². The largest absolute Gasteiger partial charge is 0.491 e. The predicted octanol–water partition coefficient (Wildman–Crippen LogP) is 3.57. The van der Waals surface area contributed by atoms with Crippen molar-refractivity contribution in [1.82, 2.24) is 14.9 Å². The fourth-order valence-corrected chi connectivity index (χ4v) is 5.13. The number of ether oxygens (including phenoxy) is 1. The molecule has 6 rings (SSSR count). The lowest BCUT2D eigenvalue weighted by Gasteiger charge is -2.36. The summed E-state index contributed by atoms with van der Waals surface area (Å²) in [5.74, 6) is 1.91. The van der Waals surface area contributed by atoms with Gasteiger partial charge in [-0.25, -0.2) is 4.98 Å². The highest BCUT2D eigenvalue weighted by Crippen LogP contribution is 2.28. The topological polar surface area (TPSA) is 121 Å². The van der Waals surface area contributed by atoms with E-state index in [0.29, 0.717) is 23.8 Å². The quantitative estimate of drug-likeness (QED) is 0.269. The lowest BCUT2D eigenvalue weighted by molar-refractivity contribution is -0.117. The Bertz CT molecular complexity index is 1590. The highest BCUT2D eigenvalue weighted by atomic mass is 16.5. The number of nitrogens with two attached hydrogens (primary N) is 1. The van der Waals surface area contributed by atoms with E-state index in [0.717, 1.165) is 59.5 Å². The molecule has 0 bridgehead atoms. The molecule has 0 spiro atoms. The third kappa shape index (κ3) is 5.59. The molecular formula is C30H31N5O4. The number of β-amino-alcohol motifs (C(OH)–C–C–N with tert-alkyl or cyclic N) is 1. The van der Waals surface area contributed by atoms with Crippen LogP contribution in [0.1, 0.15) is 5.56 Å². The summed E-state index contributed by atoms with van der Waals surface area (Å²) in [6.07, 6.45) is -0.391. The van der Waals surface area contributed by atoms with Gasteiger partial charge in [0.15, 0.2) is 5.58 Å². The first-order valence-electron chi connectivity index (χ1n) is 13.1. The third-order valence-corrected chi connectivity index (χ3v) is 7.11. The van der Waals surface area contributed by atoms with Crippen LogP contribution >= 0.6 is 0 Å². The number of nitrogens with zero attached hydrogens (tertiary/aromatic N) is 3. The average molecular weight is 526 g/mol. The number of aromatic nitrogens is 2. The molecule has 0 aliphatic carbocycles. The van der Waals surface area contributed by atoms with Gasteiger partial charge in [-0.2, -0.15) is 0 Å². The number of aliphatic hydroxyl groups is 1. The first-order valence-corrected chi connectivity index (χ1v) is 13.1. The van der Waals surface area contributed by atoms with Crippen LogP contribution in [0.3, 0.4) is 0 Å². The summed E-state index contributed by atoms with van der Waals surface area (Å²) in [4.78, 5) is 24.0. The second-order valence-electron chi connectivity index (χ2n) is 9.94. The van der Waals surface area contributed by atoms with Gasteiger partial charge in [-0.3, -0.25) is 9.69 Å². The van der Waals surface area contributed by atoms with Crippen LogP contribution in [0.4, 0.5) is 5.82 Å². The molecule has 1 aliphatic heterocycles. The van der Waals surface area contributed by atoms with Crippen LogP contribution in [0.25, 0.3) is 33.5 Å². The zero-order valence-electron chi connectivity index (χ0n) is 21.5. The Labute approximate surface area is 225 Å². The van der Waals surface area contributed by atoms with Crippen molar-refractivity contribution in [2.24, 2.45) is 5.73 Å². The number of carbonyl (C=O) groups is 1. The van der Waals surface area contributed by atoms with Gasteiger partial charge in [-0.1, -0.05) is 30.3 Å². The number of aliphatic hydroxyl groups excluding tert-OH is 1. The van der Waals surface area contributed by atoms with E-state index in [-0.39, 0.29) is 18.9 Å². The van der Waals surface area contributed by atoms with Crippen molar-refractivity contribution in [2.75, 3.05) is 44.2 Å². The van der Waals surface area contributed by atoms with E-state index in [2.05, 4.69) is 25.8 Å². The van der Waals surface area contributed by atoms with Gasteiger partial charge in [-0.05, 0) is 42.0 Å². The normalized spacial score (nSPS) is 15.2. The van der Waals surface area contributed by atoms with Gasteiger partial charge in [0.2, 0.25) is 11.8 Å². The number of nitrogens with one attached hydrogen (secondary N) is 1. The second kappa shape index (κ2) is 10.8. The number of fused-ring (bicyclic) bond motifs is 2. The number of carbonyl (C=O) groups excluding carboxylic acids is 1. The Morgan fingerprint density at radius 1 is 1.05 bits per heavy atom. The fraction of sp³-hybridized carbons (Fsp3) is 0.267. The van der Waals surface area contributed by atoms with Crippen molar-refractivity contribution in [2.45, 2.75) is 12.5 Å². The van der Waals surface area contributed by atoms with E-state index < -0.39 is 6.10 Å². The zero-order chi connectivity index (χ0) is 26.8. The maximum absolute atomic E-state index is 11.4. The van der Waals surface area contributed by atoms with Crippen LogP contribution < -0.4 is 15.4 Å². The van der Waals surface area contributed by atoms with Gasteiger partial charge in [0.25, 0.3) is 0 Å². The maximum atomic E-state index is 11.4. The van der Waals surface area contributed by atoms with E-state index in [4.69, 9.17) is 14.9 Å². The van der Waals surface area contributed by atoms with Gasteiger partial charge in [0, 0.05) is 55.3 Å². The van der Waals surface area contributed by atoms with Crippen LogP contribution in [-0.2, 0) is 11.2 Å². The number of benzene rings is 3. The van der Waals surface area contributed by atoms with Crippen molar-refractivity contribution in [1.29, 1.82) is 0 Å². The minimum atomic E-state index is -0.617. The number of rotatable bonds is 9. The molecule has 9 heteroatoms. The number of anilines is 1. The fourth-order valence-electron chi connectivity index (χ4n) is 5.13. The van der Waals surface area contributed by atoms with E-state index in [1.54, 1.807) is 0 Å². The summed E-state index contributed by atoms with van der Waals surface area (Å²) < 4.78 is 11.8. The summed E-state index contributed by atoms with van der Waals surface area (Å²) in [6.45, 7) is 4.05. The summed E-state index contributed by atoms with van der Waals surface area (Å²) >= 11 is 0. The van der Waals surface area contributed by atoms with Crippen LogP contribution in [0.2, 0.25) is 0 Å². The Morgan fingerprint density at radius 3 is 2.67 bits per heavy atom. The Balaban J connectivity index is 1.01. The van der Waals surface area contributed by atoms with E-state index in [1.165, 1.54) is 0 Å². The van der Waals surface area contributed by atoms with Crippen molar-refractivity contribution in [3.63, 3.8) is 0 Å². The third-order valence-electron chi connectivity index (χ3n) is 7.11. The number of hydrogen-bond donors (Lipinski definition) is 3. The van der Waals surface area contributed by atoms with E-state index >= 15 is 0 Å². The molecule has 1 aliphatic rings. The van der Waals surface area contributed by atoms with Crippen LogP contribution in [0.5, 0.6) is 5.75 Å². The molecule has 1 saturated heterocycles. The lowest BCUT2D eigenvalue weighted by Crippen LogP contribution is -2.49. The average Bonchev–Trinajstić information content (AvgIpc) is 3.58. The Kier molecular flexibility index (Phi) is 6.91. The predicted molar refractivity (Wildman–Crippen MR) is 151 cm³/mol. The molecule has 0 saturated carbocycles. The standard InChI is InChI=1S/C30H31N5O4/c31-28(37)15-21-7-4-8-25-24(21)17-29(32-25)35-13-11-34(12-14-35)18-22(36)19-38-23-9-10-27-26(16-23)33-30(39-27)20-5-2-1-3-6-20/h1-10,16-17,22,32,36H,11-15,18-19H2,(H2,31,37)/t22-/m1/s1. The van der Waals surface area contributed by atoms with E-state index in [9.17, 15) is 9.90 Å². The van der Waals surface area contributed by atoms with Gasteiger partial charge < -0.3 is 29.9 Å². The number of amides is 1. The zero-order valence-corrected chi connectivity index (χ0v) is 21.5. The molecule has 0 radical (unpaired) electrons. The minimum absolute atomic E-state index is 0.194. The lowest BCUT2D eigenvalue weighted by atomic mass is 10.1. The number of primary amides is 1. The maximum Gasteiger partial charge on any atom is 0.227 e. The van der Waals surface area contributed by atoms with Gasteiger partial charge in [0.05, 0.1) is 6.42 Å². The van der Waals surface area contributed by atoms with Crippen LogP contribution in [0, 0.1) is 0 Å². The molecule has 1 atom stereocenters. The molecule has 39 heavy (non-hydrogen) atoms. The van der Waals surface area contributed by atoms with Crippen molar-refractivity contribution < 1.29 is 19.1 Å². The Morgan fingerprint density at radius 2 is 1.87 bits per heavy atom. The summed E-state index contributed by atoms with van der Waals surface area (Å²) in [5, 5.41) is 11.7. The molecule has 3 aromatic carbocycles. The minimum Gasteiger partial charge on any atom is -0.491 e. The van der Waals surface area contributed by atoms with Gasteiger partial charge >= 0.3 is 0 Å². The molecule has 9 nitrogen and oxygen atoms in total. The second-order valence-corrected chi connectivity index (χ2v) is 9.94. The molecule has 200 valence electrons.